The van der Waals surface area contributed by atoms with Gasteiger partial charge in [-0.05, 0) is 39.4 Å². The van der Waals surface area contributed by atoms with E-state index in [1.165, 1.54) is 32.1 Å². The van der Waals surface area contributed by atoms with Gasteiger partial charge >= 0.3 is 0 Å². The summed E-state index contributed by atoms with van der Waals surface area (Å²) in [5.74, 6) is 0. The summed E-state index contributed by atoms with van der Waals surface area (Å²) in [6.45, 7) is 7.07. The molecule has 0 radical (unpaired) electrons. The number of hydrogen-bond acceptors (Lipinski definition) is 2. The Morgan fingerprint density at radius 2 is 1.56 bits per heavy atom. The van der Waals surface area contributed by atoms with Gasteiger partial charge in [-0.3, -0.25) is 0 Å². The van der Waals surface area contributed by atoms with Crippen LogP contribution in [0.4, 0.5) is 0 Å². The molecule has 0 heterocycles. The third kappa shape index (κ3) is 2.60. The molecule has 16 heavy (non-hydrogen) atoms. The minimum absolute atomic E-state index is 0.316. The van der Waals surface area contributed by atoms with Crippen LogP contribution in [-0.4, -0.2) is 37.6 Å². The highest BCUT2D eigenvalue weighted by atomic mass is 15.2. The van der Waals surface area contributed by atoms with Crippen LogP contribution in [0.1, 0.15) is 52.9 Å². The molecule has 0 aromatic carbocycles. The fourth-order valence-corrected chi connectivity index (χ4v) is 3.67. The zero-order valence-electron chi connectivity index (χ0n) is 12.1. The second-order valence-corrected chi connectivity index (χ2v) is 6.65. The lowest BCUT2D eigenvalue weighted by Gasteiger charge is -2.53. The number of nitrogens with zero attached hydrogens (tertiary/aromatic N) is 1. The minimum atomic E-state index is 0.316. The van der Waals surface area contributed by atoms with Crippen LogP contribution in [0.3, 0.4) is 0 Å². The van der Waals surface area contributed by atoms with Crippen LogP contribution in [0.15, 0.2) is 0 Å². The molecule has 1 saturated carbocycles. The van der Waals surface area contributed by atoms with Gasteiger partial charge in [-0.15, -0.1) is 0 Å². The Kier molecular flexibility index (Phi) is 4.42. The van der Waals surface area contributed by atoms with Gasteiger partial charge in [0.1, 0.15) is 0 Å². The second kappa shape index (κ2) is 5.05. The van der Waals surface area contributed by atoms with Gasteiger partial charge in [0.2, 0.25) is 0 Å². The van der Waals surface area contributed by atoms with E-state index in [0.29, 0.717) is 17.0 Å². The highest BCUT2D eigenvalue weighted by Crippen LogP contribution is 2.41. The van der Waals surface area contributed by atoms with Gasteiger partial charge in [-0.2, -0.15) is 0 Å². The molecule has 0 bridgehead atoms. The maximum absolute atomic E-state index is 3.59. The zero-order valence-corrected chi connectivity index (χ0v) is 12.1. The first kappa shape index (κ1) is 14.0. The molecular weight excluding hydrogens is 196 g/mol. The molecule has 0 aliphatic heterocycles. The topological polar surface area (TPSA) is 15.3 Å². The fourth-order valence-electron chi connectivity index (χ4n) is 3.67. The number of nitrogens with one attached hydrogen (secondary N) is 1. The van der Waals surface area contributed by atoms with Crippen molar-refractivity contribution in [3.8, 4) is 0 Å². The molecule has 0 aromatic heterocycles. The number of rotatable bonds is 3. The number of hydrogen-bond donors (Lipinski definition) is 1. The summed E-state index contributed by atoms with van der Waals surface area (Å²) in [5.41, 5.74) is 0.668. The van der Waals surface area contributed by atoms with Crippen molar-refractivity contribution in [3.63, 3.8) is 0 Å². The minimum Gasteiger partial charge on any atom is -0.315 e. The molecule has 1 aliphatic rings. The van der Waals surface area contributed by atoms with Crippen molar-refractivity contribution in [2.75, 3.05) is 21.1 Å². The first-order valence-electron chi connectivity index (χ1n) is 6.69. The molecule has 0 spiro atoms. The summed E-state index contributed by atoms with van der Waals surface area (Å²) in [6, 6.07) is 0.565. The molecule has 0 aromatic rings. The van der Waals surface area contributed by atoms with Crippen molar-refractivity contribution in [2.45, 2.75) is 64.5 Å². The monoisotopic (exact) mass is 226 g/mol. The Bertz CT molecular complexity index is 209. The molecule has 0 amide bonds. The first-order chi connectivity index (χ1) is 7.34. The maximum Gasteiger partial charge on any atom is 0.0361 e. The highest BCUT2D eigenvalue weighted by molar-refractivity contribution is 5.04. The van der Waals surface area contributed by atoms with E-state index in [9.17, 15) is 0 Å². The van der Waals surface area contributed by atoms with Gasteiger partial charge in [0.25, 0.3) is 0 Å². The van der Waals surface area contributed by atoms with Crippen LogP contribution in [0, 0.1) is 5.41 Å². The van der Waals surface area contributed by atoms with E-state index >= 15 is 0 Å². The van der Waals surface area contributed by atoms with Crippen molar-refractivity contribution in [3.05, 3.63) is 0 Å². The average molecular weight is 226 g/mol. The van der Waals surface area contributed by atoms with E-state index in [-0.39, 0.29) is 0 Å². The Morgan fingerprint density at radius 3 is 1.88 bits per heavy atom. The van der Waals surface area contributed by atoms with Crippen LogP contribution in [-0.2, 0) is 0 Å². The molecule has 2 nitrogen and oxygen atoms in total. The van der Waals surface area contributed by atoms with E-state index < -0.39 is 0 Å². The van der Waals surface area contributed by atoms with Crippen LogP contribution in [0.5, 0.6) is 0 Å². The predicted octanol–water partition coefficient (Wildman–Crippen LogP) is 2.89. The molecule has 96 valence electrons. The smallest absolute Gasteiger partial charge is 0.0361 e. The summed E-state index contributed by atoms with van der Waals surface area (Å²) < 4.78 is 0. The summed E-state index contributed by atoms with van der Waals surface area (Å²) in [5, 5.41) is 3.59. The van der Waals surface area contributed by atoms with Gasteiger partial charge in [0.15, 0.2) is 0 Å². The molecule has 2 heteroatoms. The Hall–Kier alpha value is -0.0800. The average Bonchev–Trinajstić information content (AvgIpc) is 2.17. The van der Waals surface area contributed by atoms with E-state index in [1.807, 2.05) is 0 Å². The molecule has 1 aliphatic carbocycles. The highest BCUT2D eigenvalue weighted by Gasteiger charge is 2.45. The summed E-state index contributed by atoms with van der Waals surface area (Å²) in [4.78, 5) is 2.47. The van der Waals surface area contributed by atoms with Gasteiger partial charge < -0.3 is 10.2 Å². The van der Waals surface area contributed by atoms with Crippen LogP contribution in [0.25, 0.3) is 0 Å². The van der Waals surface area contributed by atoms with Crippen molar-refractivity contribution in [1.29, 1.82) is 0 Å². The summed E-state index contributed by atoms with van der Waals surface area (Å²) in [7, 11) is 6.62. The maximum atomic E-state index is 3.59. The van der Waals surface area contributed by atoms with E-state index in [1.54, 1.807) is 0 Å². The van der Waals surface area contributed by atoms with Gasteiger partial charge in [0, 0.05) is 11.6 Å². The van der Waals surface area contributed by atoms with Crippen LogP contribution >= 0.6 is 0 Å². The summed E-state index contributed by atoms with van der Waals surface area (Å²) in [6.07, 6.45) is 6.85. The Balaban J connectivity index is 2.98. The largest absolute Gasteiger partial charge is 0.315 e. The third-order valence-corrected chi connectivity index (χ3v) is 4.30. The SMILES string of the molecule is CNC(C(C)(C)C)C1(N(C)C)CCCCC1. The lowest BCUT2D eigenvalue weighted by Crippen LogP contribution is -2.63. The van der Waals surface area contributed by atoms with Crippen molar-refractivity contribution < 1.29 is 0 Å². The summed E-state index contributed by atoms with van der Waals surface area (Å²) >= 11 is 0. The quantitative estimate of drug-likeness (QED) is 0.796. The van der Waals surface area contributed by atoms with Crippen LogP contribution < -0.4 is 5.32 Å². The molecule has 0 saturated heterocycles. The van der Waals surface area contributed by atoms with Gasteiger partial charge in [0.05, 0.1) is 0 Å². The van der Waals surface area contributed by atoms with E-state index in [4.69, 9.17) is 0 Å². The molecule has 1 fully saturated rings. The molecule has 1 unspecified atom stereocenters. The van der Waals surface area contributed by atoms with Crippen molar-refractivity contribution in [2.24, 2.45) is 5.41 Å². The molecule has 1 atom stereocenters. The molecule has 1 rings (SSSR count). The van der Waals surface area contributed by atoms with Crippen molar-refractivity contribution >= 4 is 0 Å². The lowest BCUT2D eigenvalue weighted by atomic mass is 9.67. The zero-order chi connectivity index (χ0) is 12.4. The number of likely N-dealkylation sites (N-methyl/N-ethyl adjacent to an activating group) is 2. The standard InChI is InChI=1S/C14H30N2/c1-13(2,3)12(15-4)14(16(5)6)10-8-7-9-11-14/h12,15H,7-11H2,1-6H3. The molecular formula is C14H30N2. The van der Waals surface area contributed by atoms with E-state index in [0.717, 1.165) is 0 Å². The van der Waals surface area contributed by atoms with Gasteiger partial charge in [-0.25, -0.2) is 0 Å². The van der Waals surface area contributed by atoms with Crippen molar-refractivity contribution in [1.82, 2.24) is 10.2 Å². The fraction of sp³-hybridized carbons (Fsp3) is 1.00. The van der Waals surface area contributed by atoms with Gasteiger partial charge in [-0.1, -0.05) is 40.0 Å². The van der Waals surface area contributed by atoms with Crippen LogP contribution in [0.2, 0.25) is 0 Å². The second-order valence-electron chi connectivity index (χ2n) is 6.65. The Labute approximate surface area is 102 Å². The molecule has 1 N–H and O–H groups in total. The normalized spacial score (nSPS) is 23.4. The first-order valence-corrected chi connectivity index (χ1v) is 6.69. The van der Waals surface area contributed by atoms with E-state index in [2.05, 4.69) is 52.1 Å². The third-order valence-electron chi connectivity index (χ3n) is 4.30. The Morgan fingerprint density at radius 1 is 1.06 bits per heavy atom. The lowest BCUT2D eigenvalue weighted by molar-refractivity contribution is 0.0155. The predicted molar refractivity (Wildman–Crippen MR) is 71.8 cm³/mol.